The summed E-state index contributed by atoms with van der Waals surface area (Å²) in [4.78, 5) is 10.8. The van der Waals surface area contributed by atoms with E-state index in [2.05, 4.69) is 0 Å². The summed E-state index contributed by atoms with van der Waals surface area (Å²) in [6.45, 7) is 1.45. The van der Waals surface area contributed by atoms with Crippen molar-refractivity contribution in [3.05, 3.63) is 35.6 Å². The lowest BCUT2D eigenvalue weighted by molar-refractivity contribution is -0.116. The Morgan fingerprint density at radius 1 is 1.46 bits per heavy atom. The maximum atomic E-state index is 12.5. The molecule has 1 aromatic carbocycles. The van der Waals surface area contributed by atoms with E-state index in [1.165, 1.54) is 19.1 Å². The van der Waals surface area contributed by atoms with Crippen molar-refractivity contribution in [1.82, 2.24) is 0 Å². The lowest BCUT2D eigenvalue weighted by Crippen LogP contribution is -2.13. The van der Waals surface area contributed by atoms with Crippen molar-refractivity contribution in [1.29, 1.82) is 0 Å². The number of Topliss-reactive ketones (excluding diaryl/α,β-unsaturated/α-hetero) is 1. The Kier molecular flexibility index (Phi) is 3.43. The number of benzene rings is 1. The van der Waals surface area contributed by atoms with Crippen LogP contribution >= 0.6 is 11.6 Å². The minimum Gasteiger partial charge on any atom is -0.298 e. The smallest absolute Gasteiger partial charge is 0.147 e. The molecular weight excluding hydrogens is 191 g/mol. The fraction of sp³-hybridized carbons (Fsp3) is 0.300. The maximum Gasteiger partial charge on any atom is 0.147 e. The van der Waals surface area contributed by atoms with Crippen molar-refractivity contribution in [3.8, 4) is 0 Å². The van der Waals surface area contributed by atoms with Gasteiger partial charge in [0.2, 0.25) is 0 Å². The van der Waals surface area contributed by atoms with Gasteiger partial charge in [0.1, 0.15) is 11.6 Å². The van der Waals surface area contributed by atoms with Crippen LogP contribution in [0.25, 0.3) is 0 Å². The van der Waals surface area contributed by atoms with Gasteiger partial charge in [-0.15, -0.1) is 11.6 Å². The largest absolute Gasteiger partial charge is 0.298 e. The summed E-state index contributed by atoms with van der Waals surface area (Å²) in [6, 6.07) is 5.99. The first kappa shape index (κ1) is 10.2. The number of halogens is 2. The Bertz CT molecular complexity index is 294. The van der Waals surface area contributed by atoms with Crippen LogP contribution in [0.4, 0.5) is 4.39 Å². The van der Waals surface area contributed by atoms with Crippen LogP contribution in [0.3, 0.4) is 0 Å². The van der Waals surface area contributed by atoms with Crippen LogP contribution in [-0.4, -0.2) is 11.2 Å². The first-order chi connectivity index (χ1) is 6.09. The Morgan fingerprint density at radius 3 is 2.46 bits per heavy atom. The molecule has 0 fully saturated rings. The van der Waals surface area contributed by atoms with Crippen molar-refractivity contribution >= 4 is 17.4 Å². The molecule has 70 valence electrons. The van der Waals surface area contributed by atoms with Crippen molar-refractivity contribution in [2.75, 3.05) is 0 Å². The maximum absolute atomic E-state index is 12.5. The van der Waals surface area contributed by atoms with Gasteiger partial charge in [0.25, 0.3) is 0 Å². The van der Waals surface area contributed by atoms with E-state index in [4.69, 9.17) is 11.6 Å². The molecule has 0 radical (unpaired) electrons. The Balaban J connectivity index is 2.64. The number of hydrogen-bond donors (Lipinski definition) is 0. The highest BCUT2D eigenvalue weighted by atomic mass is 35.5. The summed E-state index contributed by atoms with van der Waals surface area (Å²) < 4.78 is 12.5. The molecule has 0 aromatic heterocycles. The molecule has 3 heteroatoms. The first-order valence-electron chi connectivity index (χ1n) is 3.98. The van der Waals surface area contributed by atoms with Gasteiger partial charge in [-0.1, -0.05) is 12.1 Å². The average molecular weight is 201 g/mol. The highest BCUT2D eigenvalue weighted by molar-refractivity contribution is 6.30. The molecule has 1 unspecified atom stereocenters. The molecule has 0 aliphatic carbocycles. The molecule has 0 bridgehead atoms. The highest BCUT2D eigenvalue weighted by Gasteiger charge is 2.10. The van der Waals surface area contributed by atoms with Gasteiger partial charge in [0.15, 0.2) is 0 Å². The van der Waals surface area contributed by atoms with E-state index in [9.17, 15) is 9.18 Å². The SMILES string of the molecule is CC(=O)C(Cl)Cc1ccc(F)cc1. The third-order valence-electron chi connectivity index (χ3n) is 1.77. The van der Waals surface area contributed by atoms with Gasteiger partial charge in [0, 0.05) is 0 Å². The molecule has 0 amide bonds. The lowest BCUT2D eigenvalue weighted by Gasteiger charge is -2.04. The monoisotopic (exact) mass is 200 g/mol. The van der Waals surface area contributed by atoms with E-state index in [0.717, 1.165) is 5.56 Å². The minimum absolute atomic E-state index is 0.0639. The van der Waals surface area contributed by atoms with E-state index in [-0.39, 0.29) is 11.6 Å². The number of hydrogen-bond acceptors (Lipinski definition) is 1. The van der Waals surface area contributed by atoms with Crippen LogP contribution in [0.2, 0.25) is 0 Å². The predicted molar refractivity (Wildman–Crippen MR) is 50.4 cm³/mol. The van der Waals surface area contributed by atoms with Crippen LogP contribution in [-0.2, 0) is 11.2 Å². The predicted octanol–water partition coefficient (Wildman–Crippen LogP) is 2.56. The van der Waals surface area contributed by atoms with Crippen molar-refractivity contribution in [2.24, 2.45) is 0 Å². The molecule has 1 rings (SSSR count). The standard InChI is InChI=1S/C10H10ClFO/c1-7(13)10(11)6-8-2-4-9(12)5-3-8/h2-5,10H,6H2,1H3. The topological polar surface area (TPSA) is 17.1 Å². The fourth-order valence-corrected chi connectivity index (χ4v) is 1.15. The Hall–Kier alpha value is -0.890. The van der Waals surface area contributed by atoms with Gasteiger partial charge in [-0.3, -0.25) is 4.79 Å². The third-order valence-corrected chi connectivity index (χ3v) is 2.23. The summed E-state index contributed by atoms with van der Waals surface area (Å²) in [5.74, 6) is -0.344. The van der Waals surface area contributed by atoms with Crippen LogP contribution in [0.1, 0.15) is 12.5 Å². The van der Waals surface area contributed by atoms with Crippen molar-refractivity contribution in [3.63, 3.8) is 0 Å². The van der Waals surface area contributed by atoms with E-state index >= 15 is 0 Å². The summed E-state index contributed by atoms with van der Waals surface area (Å²) in [5.41, 5.74) is 0.872. The van der Waals surface area contributed by atoms with Crippen LogP contribution < -0.4 is 0 Å². The molecule has 0 saturated heterocycles. The molecule has 0 heterocycles. The van der Waals surface area contributed by atoms with Gasteiger partial charge in [0.05, 0.1) is 5.38 Å². The van der Waals surface area contributed by atoms with Gasteiger partial charge in [-0.25, -0.2) is 4.39 Å². The summed E-state index contributed by atoms with van der Waals surface area (Å²) >= 11 is 5.75. The van der Waals surface area contributed by atoms with Gasteiger partial charge >= 0.3 is 0 Å². The number of rotatable bonds is 3. The summed E-state index contributed by atoms with van der Waals surface area (Å²) in [7, 11) is 0. The second-order valence-corrected chi connectivity index (χ2v) is 3.44. The molecule has 1 nitrogen and oxygen atoms in total. The van der Waals surface area contributed by atoms with Crippen LogP contribution in [0.5, 0.6) is 0 Å². The molecule has 0 aliphatic heterocycles. The number of ketones is 1. The first-order valence-corrected chi connectivity index (χ1v) is 4.42. The van der Waals surface area contributed by atoms with Crippen LogP contribution in [0.15, 0.2) is 24.3 Å². The zero-order valence-electron chi connectivity index (χ0n) is 7.26. The van der Waals surface area contributed by atoms with Gasteiger partial charge < -0.3 is 0 Å². The Morgan fingerprint density at radius 2 is 2.00 bits per heavy atom. The fourth-order valence-electron chi connectivity index (χ4n) is 0.971. The normalized spacial score (nSPS) is 12.5. The van der Waals surface area contributed by atoms with E-state index in [0.29, 0.717) is 6.42 Å². The zero-order chi connectivity index (χ0) is 9.84. The van der Waals surface area contributed by atoms with E-state index in [1.54, 1.807) is 12.1 Å². The summed E-state index contributed by atoms with van der Waals surface area (Å²) in [6.07, 6.45) is 0.456. The number of carbonyl (C=O) groups excluding carboxylic acids is 1. The average Bonchev–Trinajstić information content (AvgIpc) is 2.08. The molecule has 0 spiro atoms. The van der Waals surface area contributed by atoms with E-state index < -0.39 is 5.38 Å². The minimum atomic E-state index is -0.509. The highest BCUT2D eigenvalue weighted by Crippen LogP contribution is 2.09. The van der Waals surface area contributed by atoms with E-state index in [1.807, 2.05) is 0 Å². The van der Waals surface area contributed by atoms with Crippen LogP contribution in [0, 0.1) is 5.82 Å². The quantitative estimate of drug-likeness (QED) is 0.686. The Labute approximate surface area is 81.5 Å². The second kappa shape index (κ2) is 4.38. The van der Waals surface area contributed by atoms with Gasteiger partial charge in [-0.2, -0.15) is 0 Å². The zero-order valence-corrected chi connectivity index (χ0v) is 8.01. The molecular formula is C10H10ClFO. The van der Waals surface area contributed by atoms with Crippen molar-refractivity contribution in [2.45, 2.75) is 18.7 Å². The molecule has 0 saturated carbocycles. The molecule has 0 N–H and O–H groups in total. The summed E-state index contributed by atoms with van der Waals surface area (Å²) in [5, 5.41) is -0.509. The van der Waals surface area contributed by atoms with Gasteiger partial charge in [-0.05, 0) is 31.0 Å². The molecule has 1 aromatic rings. The lowest BCUT2D eigenvalue weighted by atomic mass is 10.1. The second-order valence-electron chi connectivity index (χ2n) is 2.91. The molecule has 13 heavy (non-hydrogen) atoms. The molecule has 1 atom stereocenters. The number of carbonyl (C=O) groups is 1. The number of alkyl halides is 1. The third kappa shape index (κ3) is 3.15. The molecule has 0 aliphatic rings. The van der Waals surface area contributed by atoms with Crippen molar-refractivity contribution < 1.29 is 9.18 Å².